The number of carboxylic acids is 2. The van der Waals surface area contributed by atoms with Crippen molar-refractivity contribution in [1.29, 1.82) is 0 Å². The Balaban J connectivity index is 0.000000135. The van der Waals surface area contributed by atoms with E-state index < -0.39 is 16.8 Å². The molecule has 0 bridgehead atoms. The summed E-state index contributed by atoms with van der Waals surface area (Å²) >= 11 is 12.4. The molecule has 23 heteroatoms. The lowest BCUT2D eigenvalue weighted by molar-refractivity contribution is -0.138. The molecule has 4 aliphatic rings. The molecule has 0 saturated heterocycles. The average Bonchev–Trinajstić information content (AvgIpc) is 4.05. The van der Waals surface area contributed by atoms with Gasteiger partial charge in [-0.3, -0.25) is 14.4 Å². The van der Waals surface area contributed by atoms with E-state index in [0.717, 1.165) is 59.1 Å². The molecular weight excluding hydrogens is 1110 g/mol. The standard InChI is InChI=1S/C12H12BrN3O2.C9H7BrN2O.C9H9N3O.C5H5BrN2O.C4H6O2.C3H5BrO2/c1-6(13)11(17)15-9-5-4-8-10(14-9)16-12(18-8)7-2-3-7;2*10-7-4-3-6-8(11-7)12-9(13-6)5-1-2-5;6-4-2-1-3(9)5(7)8-4;5-4(6)3-1-2-3;1-2(4)3(5)6/h4-7H,2-3H2,1H3,(H,14,15,17);3-5H,1-2H2;3-5H,1-2H2,(H2,10,11);1-2,9H,(H2,7,8);3H,1-2H2,(H,5,6);2H,1H3,(H,5,6). The first-order valence-electron chi connectivity index (χ1n) is 20.3. The third kappa shape index (κ3) is 15.4. The summed E-state index contributed by atoms with van der Waals surface area (Å²) in [5.41, 5.74) is 14.8. The largest absolute Gasteiger partial charge is 0.504 e. The van der Waals surface area contributed by atoms with Crippen molar-refractivity contribution in [2.24, 2.45) is 5.92 Å². The number of carboxylic acid groups (broad SMARTS) is 2. The van der Waals surface area contributed by atoms with Crippen molar-refractivity contribution in [2.45, 2.75) is 92.6 Å². The molecule has 4 saturated carbocycles. The first-order chi connectivity index (χ1) is 30.9. The van der Waals surface area contributed by atoms with Gasteiger partial charge in [0.2, 0.25) is 17.2 Å². The summed E-state index contributed by atoms with van der Waals surface area (Å²) in [6, 6.07) is 13.9. The van der Waals surface area contributed by atoms with Gasteiger partial charge >= 0.3 is 11.9 Å². The summed E-state index contributed by atoms with van der Waals surface area (Å²) in [6.45, 7) is 3.32. The molecule has 2 unspecified atom stereocenters. The molecule has 0 aromatic carbocycles. The highest BCUT2D eigenvalue weighted by Crippen LogP contribution is 2.42. The Bertz CT molecular complexity index is 2670. The van der Waals surface area contributed by atoms with E-state index in [1.54, 1.807) is 38.1 Å². The van der Waals surface area contributed by atoms with Gasteiger partial charge in [-0.15, -0.1) is 0 Å². The maximum atomic E-state index is 11.5. The normalized spacial score (nSPS) is 15.8. The summed E-state index contributed by atoms with van der Waals surface area (Å²) < 4.78 is 18.1. The Hall–Kier alpha value is -5.26. The number of anilines is 3. The van der Waals surface area contributed by atoms with Crippen LogP contribution < -0.4 is 16.8 Å². The van der Waals surface area contributed by atoms with Gasteiger partial charge in [0, 0.05) is 17.8 Å². The second-order valence-corrected chi connectivity index (χ2v) is 19.6. The lowest BCUT2D eigenvalue weighted by atomic mass is 10.4. The summed E-state index contributed by atoms with van der Waals surface area (Å²) in [4.78, 5) is 59.5. The van der Waals surface area contributed by atoms with Gasteiger partial charge in [-0.1, -0.05) is 31.9 Å². The molecule has 0 aliphatic heterocycles. The van der Waals surface area contributed by atoms with E-state index in [2.05, 4.69) is 104 Å². The molecule has 7 heterocycles. The van der Waals surface area contributed by atoms with Gasteiger partial charge in [0.05, 0.1) is 10.7 Å². The Morgan fingerprint density at radius 3 is 1.45 bits per heavy atom. The monoisotopic (exact) mass is 1150 g/mol. The number of alkyl halides is 2. The number of carbonyl (C=O) groups is 3. The number of oxazole rings is 3. The lowest BCUT2D eigenvalue weighted by Crippen LogP contribution is -2.20. The minimum absolute atomic E-state index is 0.0122. The maximum Gasteiger partial charge on any atom is 0.316 e. The van der Waals surface area contributed by atoms with Crippen LogP contribution >= 0.6 is 63.7 Å². The van der Waals surface area contributed by atoms with E-state index in [0.29, 0.717) is 56.5 Å². The van der Waals surface area contributed by atoms with Gasteiger partial charge < -0.3 is 45.4 Å². The van der Waals surface area contributed by atoms with Crippen molar-refractivity contribution in [2.75, 3.05) is 16.8 Å². The lowest BCUT2D eigenvalue weighted by Gasteiger charge is -2.04. The number of rotatable bonds is 7. The molecule has 7 aromatic heterocycles. The molecule has 11 rings (SSSR count). The van der Waals surface area contributed by atoms with Gasteiger partial charge in [0.15, 0.2) is 51.6 Å². The highest BCUT2D eigenvalue weighted by Gasteiger charge is 2.31. The fourth-order valence-electron chi connectivity index (χ4n) is 5.08. The number of hydrogen-bond donors (Lipinski definition) is 6. The van der Waals surface area contributed by atoms with Crippen LogP contribution in [0.1, 0.15) is 101 Å². The van der Waals surface area contributed by atoms with Gasteiger partial charge in [-0.05, 0) is 146 Å². The highest BCUT2D eigenvalue weighted by molar-refractivity contribution is 9.10. The number of carbonyl (C=O) groups excluding carboxylic acids is 1. The SMILES string of the molecule is Brc1ccc2oc(C3CC3)nc2n1.CC(Br)C(=O)Nc1ccc2oc(C3CC3)nc2n1.CC(Br)C(=O)O.Nc1ccc2oc(C3CC3)nc2n1.Nc1nc(Br)ccc1O.O=C(O)C1CC1. The molecule has 8 N–H and O–H groups in total. The summed E-state index contributed by atoms with van der Waals surface area (Å²) in [7, 11) is 0. The second kappa shape index (κ2) is 22.3. The van der Waals surface area contributed by atoms with E-state index in [-0.39, 0.29) is 28.2 Å². The fraction of sp³-hybridized carbons (Fsp3) is 0.381. The number of amides is 1. The molecular formula is C42H44Br4N10O9. The third-order valence-electron chi connectivity index (χ3n) is 9.33. The van der Waals surface area contributed by atoms with Crippen molar-refractivity contribution in [3.05, 3.63) is 75.4 Å². The number of aliphatic carboxylic acids is 2. The zero-order chi connectivity index (χ0) is 46.9. The third-order valence-corrected chi connectivity index (χ3v) is 11.0. The summed E-state index contributed by atoms with van der Waals surface area (Å²) in [5, 5.41) is 27.5. The van der Waals surface area contributed by atoms with Crippen LogP contribution in [0.4, 0.5) is 17.5 Å². The van der Waals surface area contributed by atoms with Crippen molar-refractivity contribution in [3.8, 4) is 5.75 Å². The zero-order valence-corrected chi connectivity index (χ0v) is 41.2. The van der Waals surface area contributed by atoms with Crippen LogP contribution in [0, 0.1) is 5.92 Å². The van der Waals surface area contributed by atoms with E-state index >= 15 is 0 Å². The number of aromatic hydroxyl groups is 1. The van der Waals surface area contributed by atoms with Crippen LogP contribution in [0.15, 0.2) is 71.0 Å². The molecule has 0 radical (unpaired) electrons. The molecule has 2 atom stereocenters. The van der Waals surface area contributed by atoms with Crippen molar-refractivity contribution < 1.29 is 43.0 Å². The number of fused-ring (bicyclic) bond motifs is 3. The molecule has 4 fully saturated rings. The molecule has 344 valence electrons. The van der Waals surface area contributed by atoms with Gasteiger partial charge in [0.1, 0.15) is 25.7 Å². The number of nitrogens with two attached hydrogens (primary N) is 2. The molecule has 65 heavy (non-hydrogen) atoms. The summed E-state index contributed by atoms with van der Waals surface area (Å²) in [5.74, 6) is 3.52. The van der Waals surface area contributed by atoms with E-state index in [1.807, 2.05) is 18.2 Å². The van der Waals surface area contributed by atoms with E-state index in [1.165, 1.54) is 31.7 Å². The van der Waals surface area contributed by atoms with Crippen molar-refractivity contribution in [3.63, 3.8) is 0 Å². The number of nitrogen functional groups attached to an aromatic ring is 2. The van der Waals surface area contributed by atoms with Crippen LogP contribution in [0.2, 0.25) is 0 Å². The van der Waals surface area contributed by atoms with Crippen molar-refractivity contribution >= 4 is 133 Å². The predicted molar refractivity (Wildman–Crippen MR) is 255 cm³/mol. The molecule has 7 aromatic rings. The quantitative estimate of drug-likeness (QED) is 0.0639. The topological polar surface area (TPSA) is 306 Å². The van der Waals surface area contributed by atoms with Crippen LogP contribution in [0.25, 0.3) is 33.7 Å². The zero-order valence-electron chi connectivity index (χ0n) is 34.8. The number of aromatic nitrogens is 7. The summed E-state index contributed by atoms with van der Waals surface area (Å²) in [6.07, 6.45) is 8.84. The number of pyridine rings is 4. The molecule has 19 nitrogen and oxygen atoms in total. The highest BCUT2D eigenvalue weighted by atomic mass is 79.9. The smallest absolute Gasteiger partial charge is 0.316 e. The van der Waals surface area contributed by atoms with Crippen LogP contribution in [-0.2, 0) is 14.4 Å². The Labute approximate surface area is 404 Å². The first-order valence-corrected chi connectivity index (χ1v) is 23.7. The average molecular weight is 1150 g/mol. The fourth-order valence-corrected chi connectivity index (χ4v) is 5.82. The Morgan fingerprint density at radius 1 is 0.615 bits per heavy atom. The molecule has 0 spiro atoms. The first kappa shape index (κ1) is 49.2. The van der Waals surface area contributed by atoms with Crippen LogP contribution in [0.5, 0.6) is 5.75 Å². The number of halogens is 4. The van der Waals surface area contributed by atoms with E-state index in [4.69, 9.17) is 40.0 Å². The number of hydrogen-bond acceptors (Lipinski definition) is 16. The number of nitrogens with one attached hydrogen (secondary N) is 1. The second-order valence-electron chi connectivity index (χ2n) is 15.2. The minimum atomic E-state index is -0.824. The van der Waals surface area contributed by atoms with Gasteiger partial charge in [-0.2, -0.15) is 15.0 Å². The molecule has 4 aliphatic carbocycles. The van der Waals surface area contributed by atoms with Crippen LogP contribution in [0.3, 0.4) is 0 Å². The maximum absolute atomic E-state index is 11.5. The van der Waals surface area contributed by atoms with Gasteiger partial charge in [-0.25, -0.2) is 19.9 Å². The predicted octanol–water partition coefficient (Wildman–Crippen LogP) is 9.83. The Kier molecular flexibility index (Phi) is 16.9. The molecule has 1 amide bonds. The van der Waals surface area contributed by atoms with Crippen molar-refractivity contribution in [1.82, 2.24) is 34.9 Å². The van der Waals surface area contributed by atoms with E-state index in [9.17, 15) is 14.4 Å². The number of nitrogens with zero attached hydrogens (tertiary/aromatic N) is 7. The van der Waals surface area contributed by atoms with Crippen LogP contribution in [-0.4, -0.2) is 77.7 Å². The minimum Gasteiger partial charge on any atom is -0.504 e. The Morgan fingerprint density at radius 2 is 1.05 bits per heavy atom. The van der Waals surface area contributed by atoms with Gasteiger partial charge in [0.25, 0.3) is 0 Å².